The molecule has 20 nitrogen and oxygen atoms in total. The molecule has 0 radical (unpaired) electrons. The van der Waals surface area contributed by atoms with Crippen molar-refractivity contribution in [2.45, 2.75) is 129 Å². The Morgan fingerprint density at radius 1 is 0.361 bits per heavy atom. The first-order valence-corrected chi connectivity index (χ1v) is 21.9. The molecule has 0 aromatic rings. The van der Waals surface area contributed by atoms with Crippen molar-refractivity contribution in [3.63, 3.8) is 0 Å². The van der Waals surface area contributed by atoms with E-state index in [1.807, 2.05) is 0 Å². The van der Waals surface area contributed by atoms with Gasteiger partial charge in [0.2, 0.25) is 0 Å². The minimum Gasteiger partial charge on any atom is -0.463 e. The van der Waals surface area contributed by atoms with Crippen LogP contribution in [0.15, 0.2) is 0 Å². The van der Waals surface area contributed by atoms with Crippen LogP contribution in [0.3, 0.4) is 0 Å². The Bertz CT molecular complexity index is 1230. The van der Waals surface area contributed by atoms with Gasteiger partial charge < -0.3 is 60.3 Å². The van der Waals surface area contributed by atoms with Gasteiger partial charge in [0.05, 0.1) is 13.2 Å². The van der Waals surface area contributed by atoms with Gasteiger partial charge in [0.15, 0.2) is 6.61 Å². The summed E-state index contributed by atoms with van der Waals surface area (Å²) >= 11 is 0. The number of amides is 6. The zero-order valence-electron chi connectivity index (χ0n) is 36.6. The van der Waals surface area contributed by atoms with E-state index in [0.29, 0.717) is 65.3 Å². The van der Waals surface area contributed by atoms with Gasteiger partial charge in [-0.2, -0.15) is 0 Å². The molecule has 0 aliphatic rings. The molecule has 0 aromatic carbocycles. The quantitative estimate of drug-likeness (QED) is 0.0224. The number of ether oxygens (including phenoxy) is 6. The van der Waals surface area contributed by atoms with E-state index < -0.39 is 36.1 Å². The molecule has 61 heavy (non-hydrogen) atoms. The van der Waals surface area contributed by atoms with Crippen molar-refractivity contribution >= 4 is 47.9 Å². The van der Waals surface area contributed by atoms with Crippen LogP contribution >= 0.6 is 0 Å². The molecule has 0 aliphatic heterocycles. The predicted octanol–water partition coefficient (Wildman–Crippen LogP) is 3.68. The number of hydrogen-bond acceptors (Lipinski definition) is 14. The van der Waals surface area contributed by atoms with Crippen molar-refractivity contribution in [3.8, 4) is 0 Å². The lowest BCUT2D eigenvalue weighted by Crippen LogP contribution is -2.40. The largest absolute Gasteiger partial charge is 0.463 e. The molecule has 0 atom stereocenters. The van der Waals surface area contributed by atoms with E-state index in [0.717, 1.165) is 96.3 Å². The molecule has 0 fully saturated rings. The Hall–Kier alpha value is -4.88. The van der Waals surface area contributed by atoms with Gasteiger partial charge >= 0.3 is 42.0 Å². The second-order valence-electron chi connectivity index (χ2n) is 14.0. The molecule has 0 aliphatic carbocycles. The highest BCUT2D eigenvalue weighted by molar-refractivity contribution is 6.35. The fraction of sp³-hybridized carbons (Fsp3) is 0.805. The molecule has 6 amide bonds. The third-order valence-corrected chi connectivity index (χ3v) is 8.72. The minimum absolute atomic E-state index is 0.0494. The summed E-state index contributed by atoms with van der Waals surface area (Å²) < 4.78 is 29.5. The third kappa shape index (κ3) is 40.3. The molecular formula is C41H74N6O14. The average Bonchev–Trinajstić information content (AvgIpc) is 3.24. The summed E-state index contributed by atoms with van der Waals surface area (Å²) in [5.74, 6) is -2.42. The molecule has 352 valence electrons. The van der Waals surface area contributed by atoms with Crippen molar-refractivity contribution in [2.24, 2.45) is 0 Å². The predicted molar refractivity (Wildman–Crippen MR) is 224 cm³/mol. The van der Waals surface area contributed by atoms with Gasteiger partial charge in [-0.3, -0.25) is 24.0 Å². The molecule has 20 heteroatoms. The van der Waals surface area contributed by atoms with Gasteiger partial charge in [-0.1, -0.05) is 57.8 Å². The number of carbonyl (C=O) groups is 8. The van der Waals surface area contributed by atoms with Gasteiger partial charge in [-0.05, 0) is 58.3 Å². The number of rotatable bonds is 38. The smallest absolute Gasteiger partial charge is 0.407 e. The van der Waals surface area contributed by atoms with Crippen molar-refractivity contribution in [1.82, 2.24) is 31.9 Å². The van der Waals surface area contributed by atoms with Gasteiger partial charge in [-0.15, -0.1) is 0 Å². The lowest BCUT2D eigenvalue weighted by Gasteiger charge is -2.09. The zero-order chi connectivity index (χ0) is 45.0. The summed E-state index contributed by atoms with van der Waals surface area (Å²) in [5, 5.41) is 15.9. The summed E-state index contributed by atoms with van der Waals surface area (Å²) in [6.07, 6.45) is 12.5. The summed E-state index contributed by atoms with van der Waals surface area (Å²) in [5.41, 5.74) is 0. The van der Waals surface area contributed by atoms with Crippen LogP contribution in [0.4, 0.5) is 14.4 Å². The van der Waals surface area contributed by atoms with Gasteiger partial charge in [0.1, 0.15) is 19.8 Å². The first-order valence-electron chi connectivity index (χ1n) is 21.9. The first kappa shape index (κ1) is 56.1. The van der Waals surface area contributed by atoms with Crippen LogP contribution in [0.2, 0.25) is 0 Å². The van der Waals surface area contributed by atoms with Crippen LogP contribution in [0.5, 0.6) is 0 Å². The van der Waals surface area contributed by atoms with Crippen LogP contribution in [0, 0.1) is 0 Å². The summed E-state index contributed by atoms with van der Waals surface area (Å²) in [4.78, 5) is 93.9. The Kier molecular flexibility index (Phi) is 38.5. The number of unbranched alkanes of at least 4 members (excludes halogenated alkanes) is 13. The van der Waals surface area contributed by atoms with Crippen LogP contribution < -0.4 is 31.9 Å². The van der Waals surface area contributed by atoms with Crippen LogP contribution in [0.1, 0.15) is 129 Å². The molecular weight excluding hydrogens is 800 g/mol. The van der Waals surface area contributed by atoms with Gasteiger partial charge in [0, 0.05) is 59.2 Å². The van der Waals surface area contributed by atoms with E-state index in [1.54, 1.807) is 6.92 Å². The number of hydrogen-bond donors (Lipinski definition) is 6. The lowest BCUT2D eigenvalue weighted by molar-refractivity contribution is -0.147. The van der Waals surface area contributed by atoms with E-state index in [1.165, 1.54) is 7.11 Å². The number of methoxy groups -OCH3 is 1. The summed E-state index contributed by atoms with van der Waals surface area (Å²) in [7, 11) is 1.52. The van der Waals surface area contributed by atoms with E-state index in [2.05, 4.69) is 31.9 Å². The monoisotopic (exact) mass is 875 g/mol. The van der Waals surface area contributed by atoms with E-state index in [9.17, 15) is 38.4 Å². The molecule has 0 heterocycles. The van der Waals surface area contributed by atoms with E-state index in [4.69, 9.17) is 28.4 Å². The van der Waals surface area contributed by atoms with Crippen LogP contribution in [-0.4, -0.2) is 134 Å². The molecule has 0 unspecified atom stereocenters. The summed E-state index contributed by atoms with van der Waals surface area (Å²) in [6, 6.07) is 0. The van der Waals surface area contributed by atoms with Crippen LogP contribution in [-0.2, 0) is 52.4 Å². The van der Waals surface area contributed by atoms with Crippen molar-refractivity contribution in [2.75, 3.05) is 86.0 Å². The molecule has 6 N–H and O–H groups in total. The Balaban J connectivity index is 3.52. The number of carbonyl (C=O) groups excluding carboxylic acids is 8. The molecule has 0 saturated heterocycles. The third-order valence-electron chi connectivity index (χ3n) is 8.72. The molecule has 0 aromatic heterocycles. The highest BCUT2D eigenvalue weighted by Crippen LogP contribution is 2.05. The first-order chi connectivity index (χ1) is 29.6. The normalized spacial score (nSPS) is 10.5. The van der Waals surface area contributed by atoms with Crippen molar-refractivity contribution < 1.29 is 66.8 Å². The number of esters is 2. The second-order valence-corrected chi connectivity index (χ2v) is 14.0. The topological polar surface area (TPSA) is 264 Å². The van der Waals surface area contributed by atoms with E-state index in [-0.39, 0.29) is 51.1 Å². The van der Waals surface area contributed by atoms with E-state index >= 15 is 0 Å². The van der Waals surface area contributed by atoms with Crippen LogP contribution in [0.25, 0.3) is 0 Å². The standard InChI is InChI=1S/C41H74N6O14/c1-3-57-39(53)45-26-18-11-5-8-16-24-43-37(51)38(52)44-25-17-9-6-12-20-28-47-41(55)61-33-34(48)42-23-15-7-4-10-19-27-46-40(54)60-32-31-59-36(50)22-14-13-21-35(49)58-30-29-56-2/h3-33H2,1-2H3,(H,42,48)(H,43,51)(H,44,52)(H,45,53)(H,46,54)(H,47,55). The maximum Gasteiger partial charge on any atom is 0.407 e. The van der Waals surface area contributed by atoms with Gasteiger partial charge in [0.25, 0.3) is 5.91 Å². The molecule has 0 bridgehead atoms. The Morgan fingerprint density at radius 3 is 1.13 bits per heavy atom. The Labute approximate surface area is 361 Å². The zero-order valence-corrected chi connectivity index (χ0v) is 36.6. The SMILES string of the molecule is CCOC(=O)NCCCCCCCNC(=O)C(=O)NCCCCCCCNC(=O)OCC(=O)NCCCCCCCNC(=O)OCCOC(=O)CCCCC(=O)OCCOC. The fourth-order valence-electron chi connectivity index (χ4n) is 5.38. The highest BCUT2D eigenvalue weighted by Gasteiger charge is 2.12. The maximum absolute atomic E-state index is 12.0. The number of nitrogens with one attached hydrogen (secondary N) is 6. The Morgan fingerprint density at radius 2 is 0.705 bits per heavy atom. The molecule has 0 spiro atoms. The van der Waals surface area contributed by atoms with Gasteiger partial charge in [-0.25, -0.2) is 14.4 Å². The lowest BCUT2D eigenvalue weighted by atomic mass is 10.1. The average molecular weight is 875 g/mol. The maximum atomic E-state index is 12.0. The second kappa shape index (κ2) is 41.8. The number of alkyl carbamates (subject to hydrolysis) is 3. The highest BCUT2D eigenvalue weighted by atomic mass is 16.6. The van der Waals surface area contributed by atoms with Crippen molar-refractivity contribution in [3.05, 3.63) is 0 Å². The fourth-order valence-corrected chi connectivity index (χ4v) is 5.38. The minimum atomic E-state index is -0.656. The van der Waals surface area contributed by atoms with Crippen molar-refractivity contribution in [1.29, 1.82) is 0 Å². The molecule has 0 rings (SSSR count). The molecule has 0 saturated carbocycles. The summed E-state index contributed by atoms with van der Waals surface area (Å²) in [6.45, 7) is 4.90.